The van der Waals surface area contributed by atoms with E-state index in [1.165, 1.54) is 9.40 Å². The second kappa shape index (κ2) is 2.15. The summed E-state index contributed by atoms with van der Waals surface area (Å²) in [6, 6.07) is 3.93. The van der Waals surface area contributed by atoms with Crippen molar-refractivity contribution in [2.45, 2.75) is 4.90 Å². The van der Waals surface area contributed by atoms with Crippen LogP contribution in [-0.4, -0.2) is 0 Å². The van der Waals surface area contributed by atoms with Gasteiger partial charge in [0.2, 0.25) is 0 Å². The fraction of sp³-hybridized carbons (Fsp3) is 0. The highest BCUT2D eigenvalue weighted by molar-refractivity contribution is 7.83. The van der Waals surface area contributed by atoms with Crippen molar-refractivity contribution in [2.24, 2.45) is 0 Å². The minimum absolute atomic E-state index is 0.773. The third-order valence-corrected chi connectivity index (χ3v) is 4.59. The molecule has 0 saturated heterocycles. The Kier molecular flexibility index (Phi) is 1.40. The first-order valence-corrected chi connectivity index (χ1v) is 5.34. The Balaban J connectivity index is 2.84. The lowest BCUT2D eigenvalue weighted by atomic mass is 10.3. The predicted molar refractivity (Wildman–Crippen MR) is 51.4 cm³/mol. The van der Waals surface area contributed by atoms with E-state index in [1.807, 2.05) is 12.1 Å². The number of nitrogens with two attached hydrogens (primary N) is 1. The van der Waals surface area contributed by atoms with Gasteiger partial charge < -0.3 is 5.73 Å². The Hall–Kier alpha value is -0.190. The van der Waals surface area contributed by atoms with Crippen molar-refractivity contribution in [3.63, 3.8) is 0 Å². The van der Waals surface area contributed by atoms with Gasteiger partial charge in [0.1, 0.15) is 0 Å². The first-order valence-electron chi connectivity index (χ1n) is 2.75. The average molecular weight is 187 g/mol. The topological polar surface area (TPSA) is 26.0 Å². The minimum atomic E-state index is 0.773. The lowest BCUT2D eigenvalue weighted by Crippen LogP contribution is -1.86. The summed E-state index contributed by atoms with van der Waals surface area (Å²) >= 11 is 4.27. The van der Waals surface area contributed by atoms with Gasteiger partial charge in [0.05, 0.1) is 9.40 Å². The van der Waals surface area contributed by atoms with E-state index < -0.39 is 0 Å². The maximum atomic E-state index is 5.62. The average Bonchev–Trinajstić information content (AvgIpc) is 1.82. The molecular weight excluding hydrogens is 182 g/mol. The maximum Gasteiger partial charge on any atom is 0.0711 e. The third-order valence-electron chi connectivity index (χ3n) is 1.34. The fourth-order valence-electron chi connectivity index (χ4n) is 0.767. The number of rotatable bonds is 0. The standard InChI is InChI=1S/C6H5NS3/c7-3-1-2-4-6(5(3)8)10-9-4/h1-2,8H,7H2. The smallest absolute Gasteiger partial charge is 0.0711 e. The van der Waals surface area contributed by atoms with Crippen LogP contribution in [0.15, 0.2) is 17.0 Å². The molecule has 0 aliphatic rings. The molecule has 1 heterocycles. The molecule has 0 unspecified atom stereocenters. The monoisotopic (exact) mass is 187 g/mol. The molecule has 52 valence electrons. The van der Waals surface area contributed by atoms with Gasteiger partial charge in [0.25, 0.3) is 0 Å². The van der Waals surface area contributed by atoms with Crippen LogP contribution < -0.4 is 5.73 Å². The molecule has 1 nitrogen and oxygen atoms in total. The first-order chi connectivity index (χ1) is 4.79. The van der Waals surface area contributed by atoms with Crippen molar-refractivity contribution in [3.8, 4) is 0 Å². The van der Waals surface area contributed by atoms with E-state index in [4.69, 9.17) is 5.73 Å². The zero-order chi connectivity index (χ0) is 7.14. The molecular formula is C6H5NS3. The molecule has 0 amide bonds. The molecule has 0 atom stereocenters. The number of hydrogen-bond donors (Lipinski definition) is 2. The maximum absolute atomic E-state index is 5.62. The number of fused-ring (bicyclic) bond motifs is 1. The molecule has 2 rings (SSSR count). The van der Waals surface area contributed by atoms with Crippen LogP contribution in [0.5, 0.6) is 0 Å². The largest absolute Gasteiger partial charge is 0.398 e. The lowest BCUT2D eigenvalue weighted by molar-refractivity contribution is 1.59. The molecule has 4 heteroatoms. The van der Waals surface area contributed by atoms with E-state index >= 15 is 0 Å². The van der Waals surface area contributed by atoms with E-state index in [-0.39, 0.29) is 0 Å². The summed E-state index contributed by atoms with van der Waals surface area (Å²) < 4.78 is 2.53. The summed E-state index contributed by atoms with van der Waals surface area (Å²) in [5.74, 6) is 0. The van der Waals surface area contributed by atoms with Crippen LogP contribution in [0.4, 0.5) is 5.69 Å². The molecule has 2 N–H and O–H groups in total. The molecule has 0 radical (unpaired) electrons. The Morgan fingerprint density at radius 3 is 2.60 bits per heavy atom. The zero-order valence-corrected chi connectivity index (χ0v) is 7.52. The van der Waals surface area contributed by atoms with Gasteiger partial charge in [-0.1, -0.05) is 20.7 Å². The van der Waals surface area contributed by atoms with Crippen molar-refractivity contribution in [1.82, 2.24) is 0 Å². The molecule has 10 heavy (non-hydrogen) atoms. The second-order valence-electron chi connectivity index (χ2n) is 2.00. The first kappa shape index (κ1) is 6.52. The van der Waals surface area contributed by atoms with Crippen LogP contribution in [-0.2, 0) is 0 Å². The highest BCUT2D eigenvalue weighted by atomic mass is 32.9. The van der Waals surface area contributed by atoms with E-state index in [1.54, 1.807) is 20.7 Å². The lowest BCUT2D eigenvalue weighted by Gasteiger charge is -2.03. The number of anilines is 1. The SMILES string of the molecule is Nc1ccc2ssc2c1S. The molecule has 0 fully saturated rings. The highest BCUT2D eigenvalue weighted by Crippen LogP contribution is 2.38. The number of hydrogen-bond acceptors (Lipinski definition) is 4. The Morgan fingerprint density at radius 2 is 2.10 bits per heavy atom. The van der Waals surface area contributed by atoms with Gasteiger partial charge in [-0.15, -0.1) is 12.6 Å². The van der Waals surface area contributed by atoms with Crippen LogP contribution in [0.2, 0.25) is 0 Å². The molecule has 0 aliphatic carbocycles. The Morgan fingerprint density at radius 1 is 1.30 bits per heavy atom. The molecule has 0 bridgehead atoms. The summed E-state index contributed by atoms with van der Waals surface area (Å²) in [7, 11) is 3.50. The van der Waals surface area contributed by atoms with Crippen molar-refractivity contribution < 1.29 is 0 Å². The van der Waals surface area contributed by atoms with Gasteiger partial charge in [-0.05, 0) is 12.1 Å². The van der Waals surface area contributed by atoms with Crippen LogP contribution >= 0.6 is 33.3 Å². The van der Waals surface area contributed by atoms with Crippen LogP contribution in [0, 0.1) is 0 Å². The molecule has 1 aromatic carbocycles. The summed E-state index contributed by atoms with van der Waals surface area (Å²) in [5.41, 5.74) is 6.40. The van der Waals surface area contributed by atoms with Crippen LogP contribution in [0.25, 0.3) is 9.40 Å². The van der Waals surface area contributed by atoms with Crippen LogP contribution in [0.1, 0.15) is 0 Å². The quantitative estimate of drug-likeness (QED) is 0.370. The Bertz CT molecular complexity index is 360. The third kappa shape index (κ3) is 0.761. The van der Waals surface area contributed by atoms with Crippen molar-refractivity contribution in [2.75, 3.05) is 5.73 Å². The normalized spacial score (nSPS) is 10.9. The molecule has 2 aromatic rings. The van der Waals surface area contributed by atoms with Crippen molar-refractivity contribution in [3.05, 3.63) is 12.1 Å². The zero-order valence-electron chi connectivity index (χ0n) is 5.00. The van der Waals surface area contributed by atoms with Gasteiger partial charge in [-0.25, -0.2) is 0 Å². The fourth-order valence-corrected chi connectivity index (χ4v) is 3.32. The Labute approximate surface area is 71.3 Å². The summed E-state index contributed by atoms with van der Waals surface area (Å²) in [6.07, 6.45) is 0. The van der Waals surface area contributed by atoms with Gasteiger partial charge >= 0.3 is 0 Å². The van der Waals surface area contributed by atoms with Gasteiger partial charge in [-0.3, -0.25) is 0 Å². The van der Waals surface area contributed by atoms with E-state index in [0.29, 0.717) is 0 Å². The summed E-state index contributed by atoms with van der Waals surface area (Å²) in [5, 5.41) is 0. The van der Waals surface area contributed by atoms with Crippen molar-refractivity contribution >= 4 is 48.4 Å². The predicted octanol–water partition coefficient (Wildman–Crippen LogP) is 2.83. The molecule has 0 saturated carbocycles. The van der Waals surface area contributed by atoms with Crippen molar-refractivity contribution in [1.29, 1.82) is 0 Å². The number of thiol groups is 1. The highest BCUT2D eigenvalue weighted by Gasteiger charge is 2.04. The van der Waals surface area contributed by atoms with Gasteiger partial charge in [0, 0.05) is 10.6 Å². The van der Waals surface area contributed by atoms with E-state index in [9.17, 15) is 0 Å². The second-order valence-corrected chi connectivity index (χ2v) is 4.63. The van der Waals surface area contributed by atoms with E-state index in [2.05, 4.69) is 12.6 Å². The van der Waals surface area contributed by atoms with Gasteiger partial charge in [-0.2, -0.15) is 0 Å². The number of nitrogen functional groups attached to an aromatic ring is 1. The van der Waals surface area contributed by atoms with Crippen LogP contribution in [0.3, 0.4) is 0 Å². The number of benzene rings is 1. The minimum Gasteiger partial charge on any atom is -0.398 e. The van der Waals surface area contributed by atoms with Gasteiger partial charge in [0.15, 0.2) is 0 Å². The summed E-state index contributed by atoms with van der Waals surface area (Å²) in [4.78, 5) is 0.932. The molecule has 0 spiro atoms. The molecule has 0 aliphatic heterocycles. The van der Waals surface area contributed by atoms with E-state index in [0.717, 1.165) is 10.6 Å². The molecule has 1 aromatic heterocycles. The summed E-state index contributed by atoms with van der Waals surface area (Å²) in [6.45, 7) is 0.